The molecule has 0 amide bonds. The number of nitrogens with one attached hydrogen (secondary N) is 1. The van der Waals surface area contributed by atoms with Gasteiger partial charge in [0.05, 0.1) is 40.5 Å². The smallest absolute Gasteiger partial charge is 0.386 e. The Balaban J connectivity index is 1.44. The van der Waals surface area contributed by atoms with Gasteiger partial charge in [-0.15, -0.1) is 5.10 Å². The van der Waals surface area contributed by atoms with Crippen molar-refractivity contribution in [3.05, 3.63) is 40.1 Å². The van der Waals surface area contributed by atoms with Gasteiger partial charge in [-0.25, -0.2) is 19.9 Å². The molecule has 7 rings (SSSR count). The number of morpholine rings is 1. The van der Waals surface area contributed by atoms with Crippen LogP contribution in [0, 0.1) is 11.8 Å². The number of aromatic amines is 1. The topological polar surface area (TPSA) is 115 Å². The van der Waals surface area contributed by atoms with Gasteiger partial charge in [0.1, 0.15) is 5.69 Å². The van der Waals surface area contributed by atoms with E-state index in [1.807, 2.05) is 12.1 Å². The number of H-pyrrole nitrogens is 1. The molecule has 0 unspecified atom stereocenters. The summed E-state index contributed by atoms with van der Waals surface area (Å²) in [6.45, 7) is 4.72. The molecule has 3 fully saturated rings. The van der Waals surface area contributed by atoms with Gasteiger partial charge in [0.2, 0.25) is 5.95 Å². The number of ether oxygens (including phenoxy) is 1. The van der Waals surface area contributed by atoms with E-state index in [1.54, 1.807) is 12.4 Å². The lowest BCUT2D eigenvalue weighted by molar-refractivity contribution is -0.00958. The first kappa shape index (κ1) is 25.7. The fourth-order valence-corrected chi connectivity index (χ4v) is 7.02. The van der Waals surface area contributed by atoms with E-state index in [9.17, 15) is 4.79 Å². The summed E-state index contributed by atoms with van der Waals surface area (Å²) in [5.41, 5.74) is 3.63. The molecular weight excluding hydrogens is 530 g/mol. The molecule has 0 radical (unpaired) electrons. The lowest BCUT2D eigenvalue weighted by Gasteiger charge is -2.44. The van der Waals surface area contributed by atoms with E-state index < -0.39 is 5.76 Å². The van der Waals surface area contributed by atoms with Crippen LogP contribution in [0.5, 0.6) is 0 Å². The maximum absolute atomic E-state index is 11.8. The lowest BCUT2D eigenvalue weighted by atomic mass is 9.83. The number of pyridine rings is 2. The molecule has 1 aliphatic heterocycles. The number of halogens is 1. The minimum atomic E-state index is -0.628. The summed E-state index contributed by atoms with van der Waals surface area (Å²) in [6.07, 6.45) is 13.1. The fraction of sp³-hybridized carbons (Fsp3) is 0.552. The van der Waals surface area contributed by atoms with Crippen molar-refractivity contribution in [2.45, 2.75) is 77.0 Å². The summed E-state index contributed by atoms with van der Waals surface area (Å²) >= 11 is 6.41. The van der Waals surface area contributed by atoms with Crippen molar-refractivity contribution >= 4 is 28.6 Å². The molecule has 4 aromatic rings. The summed E-state index contributed by atoms with van der Waals surface area (Å²) in [4.78, 5) is 28.9. The van der Waals surface area contributed by atoms with Crippen molar-refractivity contribution in [2.24, 2.45) is 11.8 Å². The molecule has 0 aromatic carbocycles. The Labute approximate surface area is 237 Å². The highest BCUT2D eigenvalue weighted by Crippen LogP contribution is 2.39. The molecule has 2 saturated carbocycles. The average molecular weight is 564 g/mol. The minimum Gasteiger partial charge on any atom is -0.386 e. The predicted octanol–water partition coefficient (Wildman–Crippen LogP) is 5.46. The molecule has 5 heterocycles. The Kier molecular flexibility index (Phi) is 6.83. The first-order valence-electron chi connectivity index (χ1n) is 14.5. The van der Waals surface area contributed by atoms with E-state index in [1.165, 1.54) is 38.5 Å². The Hall–Kier alpha value is -3.24. The van der Waals surface area contributed by atoms with Crippen LogP contribution in [0.4, 0.5) is 5.95 Å². The molecule has 2 aliphatic carbocycles. The maximum atomic E-state index is 11.8. The van der Waals surface area contributed by atoms with Crippen LogP contribution < -0.4 is 10.7 Å². The third-order valence-electron chi connectivity index (χ3n) is 8.91. The highest BCUT2D eigenvalue weighted by atomic mass is 35.5. The monoisotopic (exact) mass is 563 g/mol. The molecule has 0 spiro atoms. The van der Waals surface area contributed by atoms with Crippen LogP contribution in [0.2, 0.25) is 5.02 Å². The van der Waals surface area contributed by atoms with Crippen molar-refractivity contribution in [1.29, 1.82) is 0 Å². The van der Waals surface area contributed by atoms with Crippen LogP contribution in [0.15, 0.2) is 33.7 Å². The normalized spacial score (nSPS) is 25.3. The van der Waals surface area contributed by atoms with E-state index in [0.717, 1.165) is 54.4 Å². The Morgan fingerprint density at radius 2 is 1.93 bits per heavy atom. The fourth-order valence-electron chi connectivity index (χ4n) is 6.84. The number of hydrogen-bond donors (Lipinski definition) is 1. The third-order valence-corrected chi connectivity index (χ3v) is 9.11. The number of fused-ring (bicyclic) bond motifs is 2. The summed E-state index contributed by atoms with van der Waals surface area (Å²) < 4.78 is 13.9. The number of aromatic nitrogens is 6. The number of anilines is 1. The standard InChI is InChI=1S/C29H34ClN7O3/c1-17-6-8-18(9-7-17)16-37-26-21(33-28(37)36-10-11-39-24-5-3-2-4-23(24)36)13-22(27-34-35-29(38)40-27)32-25(26)19-12-20(30)15-31-14-19/h12-15,17-18,23-24H,2-11,16H2,1H3,(H,35,38)/t17?,18?,23-,24-/m1/s1. The van der Waals surface area contributed by atoms with Crippen LogP contribution >= 0.6 is 11.6 Å². The highest BCUT2D eigenvalue weighted by Gasteiger charge is 2.37. The molecule has 1 N–H and O–H groups in total. The van der Waals surface area contributed by atoms with Crippen LogP contribution in [-0.2, 0) is 11.3 Å². The van der Waals surface area contributed by atoms with Gasteiger partial charge < -0.3 is 18.6 Å². The molecule has 1 saturated heterocycles. The SMILES string of the molecule is CC1CCC(Cn2c(N3CCO[C@@H]4CCCC[C@H]43)nc3cc(-c4n[nH]c(=O)o4)nc(-c4cncc(Cl)c4)c32)CC1. The van der Waals surface area contributed by atoms with Crippen molar-refractivity contribution < 1.29 is 9.15 Å². The lowest BCUT2D eigenvalue weighted by Crippen LogP contribution is -2.53. The van der Waals surface area contributed by atoms with Crippen LogP contribution in [-0.4, -0.2) is 55.0 Å². The van der Waals surface area contributed by atoms with E-state index in [0.29, 0.717) is 35.0 Å². The van der Waals surface area contributed by atoms with Crippen LogP contribution in [0.3, 0.4) is 0 Å². The zero-order chi connectivity index (χ0) is 27.2. The summed E-state index contributed by atoms with van der Waals surface area (Å²) in [7, 11) is 0. The minimum absolute atomic E-state index is 0.124. The van der Waals surface area contributed by atoms with Gasteiger partial charge in [0.25, 0.3) is 5.89 Å². The first-order valence-corrected chi connectivity index (χ1v) is 14.9. The summed E-state index contributed by atoms with van der Waals surface area (Å²) in [5.74, 6) is 1.80. The van der Waals surface area contributed by atoms with Crippen molar-refractivity contribution in [3.63, 3.8) is 0 Å². The molecule has 0 bridgehead atoms. The zero-order valence-corrected chi connectivity index (χ0v) is 23.4. The van der Waals surface area contributed by atoms with Gasteiger partial charge >= 0.3 is 5.76 Å². The van der Waals surface area contributed by atoms with Crippen molar-refractivity contribution in [1.82, 2.24) is 29.7 Å². The van der Waals surface area contributed by atoms with Crippen molar-refractivity contribution in [2.75, 3.05) is 18.1 Å². The molecule has 3 aliphatic rings. The molecular formula is C29H34ClN7O3. The number of hydrogen-bond acceptors (Lipinski definition) is 8. The maximum Gasteiger partial charge on any atom is 0.434 e. The van der Waals surface area contributed by atoms with E-state index in [2.05, 4.69) is 31.6 Å². The zero-order valence-electron chi connectivity index (χ0n) is 22.7. The van der Waals surface area contributed by atoms with E-state index in [4.69, 9.17) is 30.7 Å². The average Bonchev–Trinajstić information content (AvgIpc) is 3.57. The second-order valence-electron chi connectivity index (χ2n) is 11.6. The number of imidazole rings is 1. The van der Waals surface area contributed by atoms with E-state index >= 15 is 0 Å². The van der Waals surface area contributed by atoms with Gasteiger partial charge in [-0.3, -0.25) is 4.98 Å². The Morgan fingerprint density at radius 3 is 2.73 bits per heavy atom. The van der Waals surface area contributed by atoms with Crippen LogP contribution in [0.1, 0.15) is 58.3 Å². The van der Waals surface area contributed by atoms with E-state index in [-0.39, 0.29) is 12.0 Å². The summed E-state index contributed by atoms with van der Waals surface area (Å²) in [6, 6.07) is 4.04. The number of rotatable bonds is 5. The summed E-state index contributed by atoms with van der Waals surface area (Å²) in [5, 5.41) is 6.92. The van der Waals surface area contributed by atoms with Gasteiger partial charge in [-0.2, -0.15) is 0 Å². The first-order chi connectivity index (χ1) is 19.5. The van der Waals surface area contributed by atoms with Gasteiger partial charge in [0.15, 0.2) is 0 Å². The second kappa shape index (κ2) is 10.6. The quantitative estimate of drug-likeness (QED) is 0.340. The second-order valence-corrected chi connectivity index (χ2v) is 12.1. The van der Waals surface area contributed by atoms with Crippen LogP contribution in [0.25, 0.3) is 33.9 Å². The largest absolute Gasteiger partial charge is 0.434 e. The molecule has 4 aromatic heterocycles. The Bertz CT molecular complexity index is 1570. The predicted molar refractivity (Wildman–Crippen MR) is 152 cm³/mol. The molecule has 10 nitrogen and oxygen atoms in total. The Morgan fingerprint density at radius 1 is 1.07 bits per heavy atom. The van der Waals surface area contributed by atoms with Crippen molar-refractivity contribution in [3.8, 4) is 22.8 Å². The highest BCUT2D eigenvalue weighted by molar-refractivity contribution is 6.30. The third kappa shape index (κ3) is 4.81. The van der Waals surface area contributed by atoms with Gasteiger partial charge in [-0.05, 0) is 49.7 Å². The number of nitrogens with zero attached hydrogens (tertiary/aromatic N) is 6. The molecule has 40 heavy (non-hydrogen) atoms. The molecule has 210 valence electrons. The molecule has 11 heteroatoms. The molecule has 2 atom stereocenters. The van der Waals surface area contributed by atoms with Gasteiger partial charge in [0, 0.05) is 31.0 Å². The van der Waals surface area contributed by atoms with Gasteiger partial charge in [-0.1, -0.05) is 44.2 Å².